The molecule has 0 aliphatic carbocycles. The average molecular weight is 212 g/mol. The number of aliphatic carboxylic acids is 1. The lowest BCUT2D eigenvalue weighted by Crippen LogP contribution is -2.29. The Kier molecular flexibility index (Phi) is 2.52. The fraction of sp³-hybridized carbons (Fsp3) is 0.556. The van der Waals surface area contributed by atoms with Crippen LogP contribution in [-0.2, 0) is 4.79 Å². The van der Waals surface area contributed by atoms with Crippen molar-refractivity contribution in [3.63, 3.8) is 0 Å². The highest BCUT2D eigenvalue weighted by Crippen LogP contribution is 2.26. The van der Waals surface area contributed by atoms with Crippen LogP contribution in [0.1, 0.15) is 23.0 Å². The average Bonchev–Trinajstić information content (AvgIpc) is 2.70. The molecular formula is C9H12N2O2S. The molecule has 1 aromatic heterocycles. The van der Waals surface area contributed by atoms with E-state index in [1.807, 2.05) is 12.3 Å². The largest absolute Gasteiger partial charge is 0.480 e. The molecule has 1 aliphatic heterocycles. The van der Waals surface area contributed by atoms with E-state index in [4.69, 9.17) is 5.11 Å². The van der Waals surface area contributed by atoms with E-state index >= 15 is 0 Å². The zero-order chi connectivity index (χ0) is 10.1. The summed E-state index contributed by atoms with van der Waals surface area (Å²) < 4.78 is 0. The van der Waals surface area contributed by atoms with Crippen molar-refractivity contribution in [1.29, 1.82) is 0 Å². The van der Waals surface area contributed by atoms with Crippen LogP contribution in [0.25, 0.3) is 0 Å². The second kappa shape index (κ2) is 3.67. The van der Waals surface area contributed by atoms with Crippen molar-refractivity contribution in [3.8, 4) is 0 Å². The minimum atomic E-state index is -0.764. The summed E-state index contributed by atoms with van der Waals surface area (Å²) in [6.45, 7) is 2.69. The van der Waals surface area contributed by atoms with Crippen molar-refractivity contribution in [3.05, 3.63) is 16.1 Å². The van der Waals surface area contributed by atoms with Gasteiger partial charge in [-0.2, -0.15) is 0 Å². The zero-order valence-electron chi connectivity index (χ0n) is 7.86. The Bertz CT molecular complexity index is 350. The molecule has 0 amide bonds. The summed E-state index contributed by atoms with van der Waals surface area (Å²) in [6.07, 6.45) is 0.651. The van der Waals surface area contributed by atoms with Crippen LogP contribution in [-0.4, -0.2) is 28.6 Å². The van der Waals surface area contributed by atoms with Gasteiger partial charge in [0.15, 0.2) is 0 Å². The summed E-state index contributed by atoms with van der Waals surface area (Å²) in [5, 5.41) is 14.8. The Labute approximate surface area is 86.0 Å². The van der Waals surface area contributed by atoms with Gasteiger partial charge in [0, 0.05) is 17.8 Å². The third-order valence-corrected chi connectivity index (χ3v) is 3.28. The van der Waals surface area contributed by atoms with Crippen LogP contribution < -0.4 is 5.32 Å². The molecule has 76 valence electrons. The first-order valence-corrected chi connectivity index (χ1v) is 5.43. The highest BCUT2D eigenvalue weighted by atomic mass is 32.1. The monoisotopic (exact) mass is 212 g/mol. The molecule has 0 radical (unpaired) electrons. The normalized spacial score (nSPS) is 26.6. The van der Waals surface area contributed by atoms with E-state index in [1.54, 1.807) is 11.3 Å². The third kappa shape index (κ3) is 1.78. The molecule has 0 spiro atoms. The number of hydrogen-bond acceptors (Lipinski definition) is 4. The second-order valence-electron chi connectivity index (χ2n) is 3.52. The molecule has 0 bridgehead atoms. The van der Waals surface area contributed by atoms with Crippen LogP contribution in [0, 0.1) is 6.92 Å². The lowest BCUT2D eigenvalue weighted by atomic mass is 10.0. The Balaban J connectivity index is 2.05. The van der Waals surface area contributed by atoms with Gasteiger partial charge in [-0.15, -0.1) is 11.3 Å². The van der Waals surface area contributed by atoms with Crippen molar-refractivity contribution < 1.29 is 9.90 Å². The van der Waals surface area contributed by atoms with Crippen molar-refractivity contribution in [2.75, 3.05) is 6.54 Å². The summed E-state index contributed by atoms with van der Waals surface area (Å²) >= 11 is 1.61. The maximum atomic E-state index is 10.7. The molecule has 2 N–H and O–H groups in total. The SMILES string of the molecule is Cc1nc(C2CNC(C(=O)O)C2)cs1. The van der Waals surface area contributed by atoms with Crippen LogP contribution in [0.2, 0.25) is 0 Å². The second-order valence-corrected chi connectivity index (χ2v) is 4.59. The van der Waals surface area contributed by atoms with Crippen LogP contribution in [0.5, 0.6) is 0 Å². The number of thiazole rings is 1. The van der Waals surface area contributed by atoms with Crippen LogP contribution in [0.4, 0.5) is 0 Å². The molecule has 1 aliphatic rings. The van der Waals surface area contributed by atoms with Crippen LogP contribution >= 0.6 is 11.3 Å². The summed E-state index contributed by atoms with van der Waals surface area (Å²) in [6, 6.07) is -0.401. The lowest BCUT2D eigenvalue weighted by Gasteiger charge is -2.03. The fourth-order valence-electron chi connectivity index (χ4n) is 1.72. The molecule has 2 unspecified atom stereocenters. The minimum absolute atomic E-state index is 0.265. The van der Waals surface area contributed by atoms with E-state index in [0.29, 0.717) is 6.42 Å². The topological polar surface area (TPSA) is 62.2 Å². The quantitative estimate of drug-likeness (QED) is 0.767. The molecule has 2 rings (SSSR count). The molecule has 1 saturated heterocycles. The summed E-state index contributed by atoms with van der Waals surface area (Å²) in [5.41, 5.74) is 1.03. The molecule has 2 atom stereocenters. The summed E-state index contributed by atoms with van der Waals surface area (Å²) in [7, 11) is 0. The Morgan fingerprint density at radius 2 is 2.57 bits per heavy atom. The van der Waals surface area contributed by atoms with Gasteiger partial charge in [-0.3, -0.25) is 4.79 Å². The highest BCUT2D eigenvalue weighted by molar-refractivity contribution is 7.09. The number of carboxylic acids is 1. The first-order valence-electron chi connectivity index (χ1n) is 4.55. The first-order chi connectivity index (χ1) is 6.66. The number of aryl methyl sites for hydroxylation is 1. The van der Waals surface area contributed by atoms with E-state index in [-0.39, 0.29) is 5.92 Å². The van der Waals surface area contributed by atoms with Crippen molar-refractivity contribution in [2.24, 2.45) is 0 Å². The maximum absolute atomic E-state index is 10.7. The van der Waals surface area contributed by atoms with Gasteiger partial charge >= 0.3 is 5.97 Å². The number of carbonyl (C=O) groups is 1. The van der Waals surface area contributed by atoms with Gasteiger partial charge in [0.2, 0.25) is 0 Å². The highest BCUT2D eigenvalue weighted by Gasteiger charge is 2.31. The molecule has 14 heavy (non-hydrogen) atoms. The standard InChI is InChI=1S/C9H12N2O2S/c1-5-11-8(4-14-5)6-2-7(9(12)13)10-3-6/h4,6-7,10H,2-3H2,1H3,(H,12,13). The summed E-state index contributed by atoms with van der Waals surface area (Å²) in [4.78, 5) is 15.1. The van der Waals surface area contributed by atoms with E-state index < -0.39 is 12.0 Å². The molecule has 4 nitrogen and oxygen atoms in total. The van der Waals surface area contributed by atoms with Gasteiger partial charge in [-0.25, -0.2) is 4.98 Å². The number of hydrogen-bond donors (Lipinski definition) is 2. The van der Waals surface area contributed by atoms with Crippen molar-refractivity contribution in [1.82, 2.24) is 10.3 Å². The number of nitrogens with zero attached hydrogens (tertiary/aromatic N) is 1. The van der Waals surface area contributed by atoms with Gasteiger partial charge in [0.25, 0.3) is 0 Å². The number of carboxylic acid groups (broad SMARTS) is 1. The predicted molar refractivity (Wildman–Crippen MR) is 53.6 cm³/mol. The first kappa shape index (κ1) is 9.61. The van der Waals surface area contributed by atoms with Crippen LogP contribution in [0.15, 0.2) is 5.38 Å². The Hall–Kier alpha value is -0.940. The van der Waals surface area contributed by atoms with Gasteiger partial charge < -0.3 is 10.4 Å². The number of aromatic nitrogens is 1. The minimum Gasteiger partial charge on any atom is -0.480 e. The molecular weight excluding hydrogens is 200 g/mol. The van der Waals surface area contributed by atoms with E-state index in [9.17, 15) is 4.79 Å². The lowest BCUT2D eigenvalue weighted by molar-refractivity contribution is -0.139. The Morgan fingerprint density at radius 3 is 3.07 bits per heavy atom. The molecule has 0 saturated carbocycles. The van der Waals surface area contributed by atoms with Gasteiger partial charge in [0.1, 0.15) is 6.04 Å². The molecule has 1 fully saturated rings. The van der Waals surface area contributed by atoms with E-state index in [0.717, 1.165) is 17.2 Å². The number of nitrogens with one attached hydrogen (secondary N) is 1. The van der Waals surface area contributed by atoms with Crippen molar-refractivity contribution in [2.45, 2.75) is 25.3 Å². The van der Waals surface area contributed by atoms with Crippen LogP contribution in [0.3, 0.4) is 0 Å². The van der Waals surface area contributed by atoms with Gasteiger partial charge in [0.05, 0.1) is 10.7 Å². The molecule has 0 aromatic carbocycles. The smallest absolute Gasteiger partial charge is 0.320 e. The third-order valence-electron chi connectivity index (χ3n) is 2.48. The van der Waals surface area contributed by atoms with E-state index in [2.05, 4.69) is 10.3 Å². The molecule has 2 heterocycles. The molecule has 5 heteroatoms. The van der Waals surface area contributed by atoms with Gasteiger partial charge in [-0.05, 0) is 13.3 Å². The number of rotatable bonds is 2. The zero-order valence-corrected chi connectivity index (χ0v) is 8.67. The summed E-state index contributed by atoms with van der Waals surface area (Å²) in [5.74, 6) is -0.500. The fourth-order valence-corrected chi connectivity index (χ4v) is 2.41. The predicted octanol–water partition coefficient (Wildman–Crippen LogP) is 0.982. The van der Waals surface area contributed by atoms with Crippen molar-refractivity contribution >= 4 is 17.3 Å². The molecule has 1 aromatic rings. The van der Waals surface area contributed by atoms with E-state index in [1.165, 1.54) is 0 Å². The Morgan fingerprint density at radius 1 is 1.79 bits per heavy atom. The van der Waals surface area contributed by atoms with Gasteiger partial charge in [-0.1, -0.05) is 0 Å². The maximum Gasteiger partial charge on any atom is 0.320 e.